The first-order chi connectivity index (χ1) is 12.1. The van der Waals surface area contributed by atoms with Gasteiger partial charge in [-0.05, 0) is 36.2 Å². The molecule has 1 unspecified atom stereocenters. The summed E-state index contributed by atoms with van der Waals surface area (Å²) < 4.78 is 22.5. The minimum Gasteiger partial charge on any atom is -0.545 e. The summed E-state index contributed by atoms with van der Waals surface area (Å²) in [4.78, 5) is 12.9. The van der Waals surface area contributed by atoms with Crippen molar-refractivity contribution in [2.24, 2.45) is 11.3 Å². The van der Waals surface area contributed by atoms with E-state index in [2.05, 4.69) is 33.9 Å². The molecule has 1 atom stereocenters. The van der Waals surface area contributed by atoms with Gasteiger partial charge < -0.3 is 18.6 Å². The van der Waals surface area contributed by atoms with Gasteiger partial charge in [-0.2, -0.15) is 0 Å². The highest BCUT2D eigenvalue weighted by atomic mass is 28.3. The zero-order chi connectivity index (χ0) is 19.6. The number of carbonyl (C=O) groups is 1. The molecular weight excluding hydrogens is 348 g/mol. The molecule has 1 radical (unpaired) electrons. The third kappa shape index (κ3) is 3.90. The number of rotatable bonds is 6. The van der Waals surface area contributed by atoms with Gasteiger partial charge in [0.1, 0.15) is 0 Å². The lowest BCUT2D eigenvalue weighted by atomic mass is 9.79. The summed E-state index contributed by atoms with van der Waals surface area (Å²) in [6.07, 6.45) is 0.458. The number of carbonyl (C=O) groups excluding carboxylic acids is 1. The monoisotopic (exact) mass is 377 g/mol. The van der Waals surface area contributed by atoms with Crippen LogP contribution in [-0.4, -0.2) is 36.2 Å². The van der Waals surface area contributed by atoms with Gasteiger partial charge in [0.25, 0.3) is 9.04 Å². The van der Waals surface area contributed by atoms with Crippen LogP contribution in [0.15, 0.2) is 17.9 Å². The molecule has 0 bridgehead atoms. The first kappa shape index (κ1) is 20.4. The number of hydrogen-bond donors (Lipinski definition) is 0. The zero-order valence-electron chi connectivity index (χ0n) is 17.0. The Balaban J connectivity index is 2.70. The highest BCUT2D eigenvalue weighted by molar-refractivity contribution is 6.49. The quantitative estimate of drug-likeness (QED) is 0.691. The van der Waals surface area contributed by atoms with Gasteiger partial charge in [-0.25, -0.2) is 0 Å². The maximum Gasteiger partial charge on any atom is 0.273 e. The Morgan fingerprint density at radius 2 is 1.54 bits per heavy atom. The molecule has 0 saturated carbocycles. The van der Waals surface area contributed by atoms with Crippen molar-refractivity contribution in [1.82, 2.24) is 0 Å². The molecule has 0 heterocycles. The number of ketones is 1. The van der Waals surface area contributed by atoms with Crippen LogP contribution >= 0.6 is 0 Å². The van der Waals surface area contributed by atoms with Crippen molar-refractivity contribution in [3.63, 3.8) is 0 Å². The van der Waals surface area contributed by atoms with Crippen LogP contribution in [0.25, 0.3) is 5.57 Å². The van der Waals surface area contributed by atoms with Crippen molar-refractivity contribution >= 4 is 20.4 Å². The fourth-order valence-electron chi connectivity index (χ4n) is 3.26. The summed E-state index contributed by atoms with van der Waals surface area (Å²) in [7, 11) is 3.69. The van der Waals surface area contributed by atoms with Gasteiger partial charge in [0.05, 0.1) is 32.7 Å². The normalized spacial score (nSPS) is 17.7. The molecule has 0 fully saturated rings. The Labute approximate surface area is 158 Å². The van der Waals surface area contributed by atoms with Gasteiger partial charge >= 0.3 is 0 Å². The number of allylic oxidation sites excluding steroid dienone is 2. The summed E-state index contributed by atoms with van der Waals surface area (Å²) in [6.45, 7) is 10.6. The van der Waals surface area contributed by atoms with E-state index in [9.17, 15) is 4.79 Å². The molecule has 5 nitrogen and oxygen atoms in total. The third-order valence-electron chi connectivity index (χ3n) is 4.54. The third-order valence-corrected chi connectivity index (χ3v) is 5.17. The lowest BCUT2D eigenvalue weighted by Crippen LogP contribution is -2.24. The molecule has 0 aromatic heterocycles. The molecule has 1 aliphatic carbocycles. The van der Waals surface area contributed by atoms with Crippen LogP contribution in [0.5, 0.6) is 17.2 Å². The van der Waals surface area contributed by atoms with E-state index in [-0.39, 0.29) is 17.1 Å². The van der Waals surface area contributed by atoms with Crippen LogP contribution in [0.2, 0.25) is 13.1 Å². The molecule has 0 spiro atoms. The average Bonchev–Trinajstić information content (AvgIpc) is 2.89. The van der Waals surface area contributed by atoms with E-state index >= 15 is 0 Å². The Morgan fingerprint density at radius 3 is 1.92 bits per heavy atom. The predicted octanol–water partition coefficient (Wildman–Crippen LogP) is 4.33. The van der Waals surface area contributed by atoms with Crippen molar-refractivity contribution < 1.29 is 23.4 Å². The predicted molar refractivity (Wildman–Crippen MR) is 104 cm³/mol. The summed E-state index contributed by atoms with van der Waals surface area (Å²) in [5, 5.41) is 0. The van der Waals surface area contributed by atoms with E-state index in [1.54, 1.807) is 21.3 Å². The van der Waals surface area contributed by atoms with Crippen molar-refractivity contribution in [3.8, 4) is 17.2 Å². The Bertz CT molecular complexity index is 690. The summed E-state index contributed by atoms with van der Waals surface area (Å²) >= 11 is 0. The Kier molecular flexibility index (Phi) is 6.06. The van der Waals surface area contributed by atoms with Crippen LogP contribution in [-0.2, 0) is 9.22 Å². The zero-order valence-corrected chi connectivity index (χ0v) is 18.0. The maximum absolute atomic E-state index is 12.9. The van der Waals surface area contributed by atoms with Crippen LogP contribution in [0, 0.1) is 11.3 Å². The summed E-state index contributed by atoms with van der Waals surface area (Å²) in [5.74, 6) is 2.52. The van der Waals surface area contributed by atoms with Crippen molar-refractivity contribution in [1.29, 1.82) is 0 Å². The highest BCUT2D eigenvalue weighted by Crippen LogP contribution is 2.48. The van der Waals surface area contributed by atoms with E-state index in [0.29, 0.717) is 29.2 Å². The number of Topliss-reactive ketones (excluding diaryl/α,β-unsaturated/α-hetero) is 1. The fourth-order valence-corrected chi connectivity index (χ4v) is 3.95. The second-order valence-corrected chi connectivity index (χ2v) is 9.73. The van der Waals surface area contributed by atoms with Crippen LogP contribution in [0.4, 0.5) is 0 Å². The van der Waals surface area contributed by atoms with E-state index in [0.717, 1.165) is 11.3 Å². The fraction of sp³-hybridized carbons (Fsp3) is 0.550. The molecule has 26 heavy (non-hydrogen) atoms. The number of benzene rings is 1. The van der Waals surface area contributed by atoms with Gasteiger partial charge in [0, 0.05) is 12.3 Å². The number of methoxy groups -OCH3 is 3. The molecule has 143 valence electrons. The molecule has 6 heteroatoms. The Hall–Kier alpha value is -1.95. The van der Waals surface area contributed by atoms with E-state index in [1.165, 1.54) is 0 Å². The molecular formula is C20H29O5Si. The second-order valence-electron chi connectivity index (χ2n) is 7.71. The van der Waals surface area contributed by atoms with Crippen LogP contribution < -0.4 is 14.2 Å². The van der Waals surface area contributed by atoms with Crippen LogP contribution in [0.3, 0.4) is 0 Å². The van der Waals surface area contributed by atoms with Gasteiger partial charge in [-0.15, -0.1) is 0 Å². The van der Waals surface area contributed by atoms with Crippen molar-refractivity contribution in [2.75, 3.05) is 21.3 Å². The van der Waals surface area contributed by atoms with Gasteiger partial charge in [-0.3, -0.25) is 4.79 Å². The molecule has 0 amide bonds. The number of hydrogen-bond acceptors (Lipinski definition) is 5. The Morgan fingerprint density at radius 1 is 1.00 bits per heavy atom. The van der Waals surface area contributed by atoms with Gasteiger partial charge in [-0.1, -0.05) is 20.8 Å². The lowest BCUT2D eigenvalue weighted by molar-refractivity contribution is -0.114. The van der Waals surface area contributed by atoms with Crippen LogP contribution in [0.1, 0.15) is 32.8 Å². The minimum absolute atomic E-state index is 0.0593. The highest BCUT2D eigenvalue weighted by Gasteiger charge is 2.41. The first-order valence-electron chi connectivity index (χ1n) is 8.69. The van der Waals surface area contributed by atoms with E-state index in [1.807, 2.05) is 12.1 Å². The standard InChI is InChI=1S/C20H29O5Si/c1-20(2,3)13-11-14(21)17(18(13)25-26(7)8)12-9-15(22-4)19(24-6)16(10-12)23-5/h9-10,13H,11H2,1-8H3. The largest absolute Gasteiger partial charge is 0.545 e. The van der Waals surface area contributed by atoms with E-state index < -0.39 is 9.04 Å². The van der Waals surface area contributed by atoms with Crippen molar-refractivity contribution in [2.45, 2.75) is 40.3 Å². The van der Waals surface area contributed by atoms with Crippen molar-refractivity contribution in [3.05, 3.63) is 23.5 Å². The molecule has 1 aromatic rings. The molecule has 1 aromatic carbocycles. The minimum atomic E-state index is -1.01. The SMILES string of the molecule is COc1cc(C2=C(O[Si](C)C)C(C(C)(C)C)CC2=O)cc(OC)c1OC. The van der Waals surface area contributed by atoms with E-state index in [4.69, 9.17) is 18.6 Å². The molecule has 1 aliphatic rings. The molecule has 0 aliphatic heterocycles. The van der Waals surface area contributed by atoms with Gasteiger partial charge in [0.15, 0.2) is 17.3 Å². The molecule has 2 rings (SSSR count). The topological polar surface area (TPSA) is 54.0 Å². The average molecular weight is 378 g/mol. The first-order valence-corrected chi connectivity index (χ1v) is 11.1. The summed E-state index contributed by atoms with van der Waals surface area (Å²) in [5.41, 5.74) is 1.31. The molecule has 0 N–H and O–H groups in total. The maximum atomic E-state index is 12.9. The smallest absolute Gasteiger partial charge is 0.273 e. The van der Waals surface area contributed by atoms with Gasteiger partial charge in [0.2, 0.25) is 5.75 Å². The molecule has 0 saturated heterocycles. The number of ether oxygens (including phenoxy) is 3. The second kappa shape index (κ2) is 7.74. The summed E-state index contributed by atoms with van der Waals surface area (Å²) in [6, 6.07) is 3.64. The lowest BCUT2D eigenvalue weighted by Gasteiger charge is -2.30.